The molecule has 116 valence electrons. The summed E-state index contributed by atoms with van der Waals surface area (Å²) in [5.74, 6) is 1.26. The van der Waals surface area contributed by atoms with Crippen LogP contribution in [0.15, 0.2) is 6.07 Å². The maximum Gasteiger partial charge on any atom is 0.232 e. The maximum atomic E-state index is 6.08. The third-order valence-electron chi connectivity index (χ3n) is 3.18. The van der Waals surface area contributed by atoms with Gasteiger partial charge in [0.05, 0.1) is 6.61 Å². The molecule has 0 bridgehead atoms. The van der Waals surface area contributed by atoms with E-state index in [2.05, 4.69) is 25.5 Å². The largest absolute Gasteiger partial charge is 0.383 e. The number of ether oxygens (including phenoxy) is 1. The summed E-state index contributed by atoms with van der Waals surface area (Å²) >= 11 is 11.3. The molecule has 2 N–H and O–H groups in total. The topological polar surface area (TPSA) is 62.3 Å². The molecule has 1 aromatic rings. The van der Waals surface area contributed by atoms with E-state index in [1.807, 2.05) is 0 Å². The van der Waals surface area contributed by atoms with E-state index in [1.54, 1.807) is 13.2 Å². The second kappa shape index (κ2) is 8.31. The third-order valence-corrected chi connectivity index (χ3v) is 3.62. The highest BCUT2D eigenvalue weighted by Crippen LogP contribution is 2.21. The summed E-state index contributed by atoms with van der Waals surface area (Å²) in [6.45, 7) is 3.21. The van der Waals surface area contributed by atoms with Crippen molar-refractivity contribution in [3.8, 4) is 0 Å². The minimum Gasteiger partial charge on any atom is -0.383 e. The van der Waals surface area contributed by atoms with E-state index in [0.717, 1.165) is 18.9 Å². The van der Waals surface area contributed by atoms with Gasteiger partial charge in [0, 0.05) is 32.8 Å². The fourth-order valence-electron chi connectivity index (χ4n) is 2.16. The average Bonchev–Trinajstić information content (AvgIpc) is 2.48. The molecule has 2 heterocycles. The van der Waals surface area contributed by atoms with Crippen LogP contribution in [-0.2, 0) is 4.74 Å². The van der Waals surface area contributed by atoms with Gasteiger partial charge in [0.1, 0.15) is 11.0 Å². The van der Waals surface area contributed by atoms with Gasteiger partial charge in [-0.2, -0.15) is 4.98 Å². The summed E-state index contributed by atoms with van der Waals surface area (Å²) < 4.78 is 4.95. The van der Waals surface area contributed by atoms with Gasteiger partial charge in [-0.3, -0.25) is 0 Å². The number of thiocarbonyl (C=S) groups is 1. The Kier molecular flexibility index (Phi) is 6.41. The van der Waals surface area contributed by atoms with E-state index in [4.69, 9.17) is 28.6 Å². The molecule has 0 aromatic carbocycles. The minimum absolute atomic E-state index is 0.410. The number of methoxy groups -OCH3 is 1. The molecule has 0 unspecified atom stereocenters. The number of hydrogen-bond donors (Lipinski definition) is 2. The predicted molar refractivity (Wildman–Crippen MR) is 89.2 cm³/mol. The van der Waals surface area contributed by atoms with Crippen molar-refractivity contribution < 1.29 is 4.74 Å². The predicted octanol–water partition coefficient (Wildman–Crippen LogP) is 2.05. The number of aromatic nitrogens is 2. The highest BCUT2D eigenvalue weighted by Gasteiger charge is 2.14. The molecule has 0 saturated carbocycles. The lowest BCUT2D eigenvalue weighted by Gasteiger charge is -2.27. The van der Waals surface area contributed by atoms with Gasteiger partial charge in [-0.1, -0.05) is 11.6 Å². The van der Waals surface area contributed by atoms with Gasteiger partial charge in [-0.05, 0) is 31.5 Å². The first-order chi connectivity index (χ1) is 10.2. The minimum atomic E-state index is 0.410. The smallest absolute Gasteiger partial charge is 0.232 e. The van der Waals surface area contributed by atoms with E-state index >= 15 is 0 Å². The Balaban J connectivity index is 1.99. The van der Waals surface area contributed by atoms with Crippen LogP contribution in [0.3, 0.4) is 0 Å². The highest BCUT2D eigenvalue weighted by molar-refractivity contribution is 7.80. The summed E-state index contributed by atoms with van der Waals surface area (Å²) in [6.07, 6.45) is 3.64. The summed E-state index contributed by atoms with van der Waals surface area (Å²) in [6, 6.07) is 1.79. The molecule has 0 spiro atoms. The van der Waals surface area contributed by atoms with E-state index in [1.165, 1.54) is 19.3 Å². The number of nitrogens with zero attached hydrogens (tertiary/aromatic N) is 3. The highest BCUT2D eigenvalue weighted by atomic mass is 35.5. The Labute approximate surface area is 135 Å². The first-order valence-corrected chi connectivity index (χ1v) is 7.81. The fourth-order valence-corrected chi connectivity index (χ4v) is 2.53. The second-order valence-corrected chi connectivity index (χ2v) is 5.59. The number of hydrogen-bond acceptors (Lipinski definition) is 5. The number of nitrogens with one attached hydrogen (secondary N) is 2. The molecule has 21 heavy (non-hydrogen) atoms. The molecule has 1 saturated heterocycles. The van der Waals surface area contributed by atoms with E-state index < -0.39 is 0 Å². The van der Waals surface area contributed by atoms with E-state index in [0.29, 0.717) is 29.4 Å². The number of halogens is 1. The number of piperidine rings is 1. The van der Waals surface area contributed by atoms with Gasteiger partial charge in [0.15, 0.2) is 5.11 Å². The zero-order valence-electron chi connectivity index (χ0n) is 12.1. The molecule has 0 amide bonds. The molecule has 0 atom stereocenters. The lowest BCUT2D eigenvalue weighted by molar-refractivity contribution is 0.204. The summed E-state index contributed by atoms with van der Waals surface area (Å²) in [5, 5.41) is 6.83. The van der Waals surface area contributed by atoms with Crippen molar-refractivity contribution in [2.24, 2.45) is 0 Å². The summed E-state index contributed by atoms with van der Waals surface area (Å²) in [7, 11) is 1.64. The van der Waals surface area contributed by atoms with Crippen molar-refractivity contribution in [2.45, 2.75) is 19.3 Å². The SMILES string of the molecule is COCCNC(=S)Nc1nc(Cl)cc(N2CCCCC2)n1. The van der Waals surface area contributed by atoms with Crippen LogP contribution >= 0.6 is 23.8 Å². The van der Waals surface area contributed by atoms with Crippen LogP contribution in [0.1, 0.15) is 19.3 Å². The molecule has 1 fully saturated rings. The lowest BCUT2D eigenvalue weighted by Crippen LogP contribution is -2.33. The van der Waals surface area contributed by atoms with Crippen LogP contribution in [0, 0.1) is 0 Å². The monoisotopic (exact) mass is 329 g/mol. The number of anilines is 2. The average molecular weight is 330 g/mol. The summed E-state index contributed by atoms with van der Waals surface area (Å²) in [4.78, 5) is 10.9. The molecule has 6 nitrogen and oxygen atoms in total. The van der Waals surface area contributed by atoms with Crippen molar-refractivity contribution in [3.63, 3.8) is 0 Å². The Bertz CT molecular complexity index is 482. The van der Waals surface area contributed by atoms with Crippen molar-refractivity contribution in [2.75, 3.05) is 43.6 Å². The maximum absolute atomic E-state index is 6.08. The van der Waals surface area contributed by atoms with Crippen molar-refractivity contribution in [1.82, 2.24) is 15.3 Å². The van der Waals surface area contributed by atoms with E-state index in [-0.39, 0.29) is 0 Å². The Morgan fingerprint density at radius 2 is 2.14 bits per heavy atom. The molecule has 1 aromatic heterocycles. The van der Waals surface area contributed by atoms with Crippen molar-refractivity contribution >= 4 is 40.7 Å². The van der Waals surface area contributed by atoms with Gasteiger partial charge in [-0.15, -0.1) is 0 Å². The van der Waals surface area contributed by atoms with Crippen molar-refractivity contribution in [3.05, 3.63) is 11.2 Å². The molecular formula is C13H20ClN5OS. The first kappa shape index (κ1) is 16.2. The Morgan fingerprint density at radius 3 is 2.86 bits per heavy atom. The van der Waals surface area contributed by atoms with Crippen LogP contribution in [0.5, 0.6) is 0 Å². The van der Waals surface area contributed by atoms with Crippen LogP contribution in [-0.4, -0.2) is 48.4 Å². The van der Waals surface area contributed by atoms with Crippen LogP contribution in [0.25, 0.3) is 0 Å². The van der Waals surface area contributed by atoms with Crippen LogP contribution in [0.4, 0.5) is 11.8 Å². The molecule has 8 heteroatoms. The molecule has 0 aliphatic carbocycles. The number of rotatable bonds is 5. The van der Waals surface area contributed by atoms with Gasteiger partial charge in [0.2, 0.25) is 5.95 Å². The zero-order valence-corrected chi connectivity index (χ0v) is 13.6. The quantitative estimate of drug-likeness (QED) is 0.487. The molecule has 1 aliphatic heterocycles. The van der Waals surface area contributed by atoms with Gasteiger partial charge < -0.3 is 20.3 Å². The zero-order chi connectivity index (χ0) is 15.1. The van der Waals surface area contributed by atoms with E-state index in [9.17, 15) is 0 Å². The third kappa shape index (κ3) is 5.26. The fraction of sp³-hybridized carbons (Fsp3) is 0.615. The van der Waals surface area contributed by atoms with Crippen molar-refractivity contribution in [1.29, 1.82) is 0 Å². The van der Waals surface area contributed by atoms with Gasteiger partial charge in [-0.25, -0.2) is 4.98 Å². The molecular weight excluding hydrogens is 310 g/mol. The van der Waals surface area contributed by atoms with Crippen LogP contribution in [0.2, 0.25) is 5.15 Å². The van der Waals surface area contributed by atoms with Gasteiger partial charge >= 0.3 is 0 Å². The molecule has 0 radical (unpaired) electrons. The van der Waals surface area contributed by atoms with Crippen LogP contribution < -0.4 is 15.5 Å². The lowest BCUT2D eigenvalue weighted by atomic mass is 10.1. The molecule has 1 aliphatic rings. The Morgan fingerprint density at radius 1 is 1.38 bits per heavy atom. The summed E-state index contributed by atoms with van der Waals surface area (Å²) in [5.41, 5.74) is 0. The Hall–Kier alpha value is -1.18. The standard InChI is InChI=1S/C13H20ClN5OS/c1-20-8-5-15-13(21)18-12-16-10(14)9-11(17-12)19-6-3-2-4-7-19/h9H,2-8H2,1H3,(H2,15,16,17,18,21). The molecule has 2 rings (SSSR count). The second-order valence-electron chi connectivity index (χ2n) is 4.79. The van der Waals surface area contributed by atoms with Gasteiger partial charge in [0.25, 0.3) is 0 Å². The normalized spacial score (nSPS) is 14.9. The first-order valence-electron chi connectivity index (χ1n) is 7.02.